The van der Waals surface area contributed by atoms with Gasteiger partial charge in [-0.15, -0.1) is 12.6 Å². The molecule has 0 unspecified atom stereocenters. The molecule has 0 aromatic rings. The molecule has 21 heavy (non-hydrogen) atoms. The molecule has 2 aliphatic rings. The molecule has 2 aliphatic heterocycles. The first-order valence-corrected chi connectivity index (χ1v) is 6.71. The molecule has 2 rings (SSSR count). The molecule has 2 N–H and O–H groups in total. The molecule has 116 valence electrons. The summed E-state index contributed by atoms with van der Waals surface area (Å²) < 4.78 is 24.5. The van der Waals surface area contributed by atoms with Crippen LogP contribution in [0.3, 0.4) is 0 Å². The largest absolute Gasteiger partial charge is 0.477 e. The van der Waals surface area contributed by atoms with Gasteiger partial charge in [0, 0.05) is 16.9 Å². The van der Waals surface area contributed by atoms with Crippen LogP contribution in [0, 0.1) is 11.8 Å². The van der Waals surface area contributed by atoms with Crippen LogP contribution in [-0.2, 0) is 14.4 Å². The van der Waals surface area contributed by atoms with Crippen molar-refractivity contribution in [3.63, 3.8) is 0 Å². The van der Waals surface area contributed by atoms with Crippen molar-refractivity contribution in [1.29, 1.82) is 0 Å². The third-order valence-electron chi connectivity index (χ3n) is 3.93. The van der Waals surface area contributed by atoms with Gasteiger partial charge in [-0.25, -0.2) is 4.79 Å². The Bertz CT molecular complexity index is 551. The fourth-order valence-electron chi connectivity index (χ4n) is 2.93. The van der Waals surface area contributed by atoms with Crippen molar-refractivity contribution in [2.45, 2.75) is 32.4 Å². The van der Waals surface area contributed by atoms with E-state index in [0.29, 0.717) is 0 Å². The van der Waals surface area contributed by atoms with E-state index < -0.39 is 42.2 Å². The molecule has 0 aromatic carbocycles. The summed E-state index contributed by atoms with van der Waals surface area (Å²) in [6, 6.07) is -1.29. The first kappa shape index (κ1) is 15.7. The molecule has 0 spiro atoms. The van der Waals surface area contributed by atoms with E-state index in [9.17, 15) is 23.2 Å². The van der Waals surface area contributed by atoms with Gasteiger partial charge in [-0.1, -0.05) is 6.92 Å². The van der Waals surface area contributed by atoms with E-state index in [0.717, 1.165) is 4.90 Å². The standard InChI is InChI=1S/C12H14F2N2O4S/c1-3-6-5(4(2)15-10(17)9(13)14)11(18)16(6)7(8(3)21)12(19)20/h3-6,9,21H,1-2H3,(H,15,17)(H,19,20)/t3-,4-,5-,6-/m1/s1. The highest BCUT2D eigenvalue weighted by Crippen LogP contribution is 2.48. The normalized spacial score (nSPS) is 29.3. The number of carbonyl (C=O) groups excluding carboxylic acids is 2. The number of rotatable bonds is 4. The van der Waals surface area contributed by atoms with Gasteiger partial charge < -0.3 is 15.3 Å². The van der Waals surface area contributed by atoms with Crippen LogP contribution in [0.4, 0.5) is 8.78 Å². The minimum atomic E-state index is -3.16. The topological polar surface area (TPSA) is 86.7 Å². The monoisotopic (exact) mass is 320 g/mol. The zero-order valence-electron chi connectivity index (χ0n) is 11.2. The molecule has 0 saturated carbocycles. The van der Waals surface area contributed by atoms with E-state index in [2.05, 4.69) is 17.9 Å². The molecule has 1 fully saturated rings. The zero-order chi connectivity index (χ0) is 16.1. The number of carboxylic acid groups (broad SMARTS) is 1. The SMILES string of the molecule is C[C@@H](NC(=O)C(F)F)[C@H]1C(=O)N2C(C(=O)O)=C(S)[C@H](C)[C@H]12. The van der Waals surface area contributed by atoms with Crippen LogP contribution in [0.1, 0.15) is 13.8 Å². The quantitative estimate of drug-likeness (QED) is 0.519. The lowest BCUT2D eigenvalue weighted by atomic mass is 9.78. The Kier molecular flexibility index (Phi) is 3.96. The summed E-state index contributed by atoms with van der Waals surface area (Å²) in [5, 5.41) is 11.2. The van der Waals surface area contributed by atoms with E-state index in [1.807, 2.05) is 0 Å². The fraction of sp³-hybridized carbons (Fsp3) is 0.583. The molecule has 4 atom stereocenters. The summed E-state index contributed by atoms with van der Waals surface area (Å²) in [4.78, 5) is 35.7. The summed E-state index contributed by atoms with van der Waals surface area (Å²) in [5.74, 6) is -4.27. The van der Waals surface area contributed by atoms with E-state index >= 15 is 0 Å². The van der Waals surface area contributed by atoms with Gasteiger partial charge in [-0.2, -0.15) is 8.78 Å². The highest BCUT2D eigenvalue weighted by molar-refractivity contribution is 7.84. The molecule has 1 saturated heterocycles. The number of alkyl halides is 2. The van der Waals surface area contributed by atoms with Crippen molar-refractivity contribution >= 4 is 30.4 Å². The maximum Gasteiger partial charge on any atom is 0.353 e. The second-order valence-corrected chi connectivity index (χ2v) is 5.63. The lowest BCUT2D eigenvalue weighted by Crippen LogP contribution is -2.66. The molecule has 9 heteroatoms. The van der Waals surface area contributed by atoms with Crippen LogP contribution in [0.15, 0.2) is 10.6 Å². The Labute approximate surface area is 124 Å². The maximum absolute atomic E-state index is 12.2. The molecule has 6 nitrogen and oxygen atoms in total. The van der Waals surface area contributed by atoms with Crippen LogP contribution < -0.4 is 5.32 Å². The molecule has 0 aliphatic carbocycles. The molecular weight excluding hydrogens is 306 g/mol. The number of thiol groups is 1. The van der Waals surface area contributed by atoms with E-state index in [1.54, 1.807) is 6.92 Å². The average Bonchev–Trinajstić information content (AvgIpc) is 2.60. The van der Waals surface area contributed by atoms with Gasteiger partial charge in [-0.3, -0.25) is 9.59 Å². The van der Waals surface area contributed by atoms with Gasteiger partial charge in [-0.05, 0) is 6.92 Å². The summed E-state index contributed by atoms with van der Waals surface area (Å²) in [6.45, 7) is 3.15. The second-order valence-electron chi connectivity index (χ2n) is 5.15. The Balaban J connectivity index is 2.17. The van der Waals surface area contributed by atoms with Crippen molar-refractivity contribution in [2.24, 2.45) is 11.8 Å². The number of fused-ring (bicyclic) bond motifs is 1. The van der Waals surface area contributed by atoms with Crippen molar-refractivity contribution in [2.75, 3.05) is 0 Å². The van der Waals surface area contributed by atoms with Gasteiger partial charge >= 0.3 is 12.4 Å². The predicted molar refractivity (Wildman–Crippen MR) is 70.5 cm³/mol. The Morgan fingerprint density at radius 3 is 2.48 bits per heavy atom. The van der Waals surface area contributed by atoms with Crippen LogP contribution in [0.2, 0.25) is 0 Å². The number of β-lactam (4-membered cyclic amide) rings is 1. The Morgan fingerprint density at radius 1 is 1.43 bits per heavy atom. The van der Waals surface area contributed by atoms with Gasteiger partial charge in [0.2, 0.25) is 5.91 Å². The molecular formula is C12H14F2N2O4S. The van der Waals surface area contributed by atoms with Crippen LogP contribution in [-0.4, -0.2) is 46.3 Å². The fourth-order valence-corrected chi connectivity index (χ4v) is 3.28. The highest BCUT2D eigenvalue weighted by atomic mass is 32.1. The lowest BCUT2D eigenvalue weighted by molar-refractivity contribution is -0.159. The second kappa shape index (κ2) is 5.28. The number of hydrogen-bond donors (Lipinski definition) is 3. The molecule has 2 amide bonds. The van der Waals surface area contributed by atoms with Gasteiger partial charge in [0.05, 0.1) is 12.0 Å². The van der Waals surface area contributed by atoms with Crippen LogP contribution in [0.25, 0.3) is 0 Å². The summed E-state index contributed by atoms with van der Waals surface area (Å²) >= 11 is 4.13. The smallest absolute Gasteiger partial charge is 0.353 e. The molecule has 0 radical (unpaired) electrons. The third-order valence-corrected chi connectivity index (χ3v) is 4.54. The minimum absolute atomic E-state index is 0.176. The number of carbonyl (C=O) groups is 3. The Morgan fingerprint density at radius 2 is 2.00 bits per heavy atom. The summed E-state index contributed by atoms with van der Waals surface area (Å²) in [7, 11) is 0. The first-order valence-electron chi connectivity index (χ1n) is 6.26. The number of hydrogen-bond acceptors (Lipinski definition) is 4. The average molecular weight is 320 g/mol. The highest BCUT2D eigenvalue weighted by Gasteiger charge is 2.59. The number of nitrogens with zero attached hydrogens (tertiary/aromatic N) is 1. The minimum Gasteiger partial charge on any atom is -0.477 e. The van der Waals surface area contributed by atoms with Crippen molar-refractivity contribution in [3.05, 3.63) is 10.6 Å². The first-order chi connectivity index (χ1) is 9.68. The Hall–Kier alpha value is -1.64. The maximum atomic E-state index is 12.2. The number of aliphatic carboxylic acids is 1. The molecule has 2 heterocycles. The van der Waals surface area contributed by atoms with Crippen LogP contribution in [0.5, 0.6) is 0 Å². The molecule has 0 bridgehead atoms. The number of halogens is 2. The van der Waals surface area contributed by atoms with Gasteiger partial charge in [0.15, 0.2) is 0 Å². The summed E-state index contributed by atoms with van der Waals surface area (Å²) in [5.41, 5.74) is -0.176. The van der Waals surface area contributed by atoms with Gasteiger partial charge in [0.25, 0.3) is 5.91 Å². The van der Waals surface area contributed by atoms with E-state index in [4.69, 9.17) is 5.11 Å². The molecule has 0 aromatic heterocycles. The third kappa shape index (κ3) is 2.29. The zero-order valence-corrected chi connectivity index (χ0v) is 12.1. The van der Waals surface area contributed by atoms with Crippen molar-refractivity contribution in [1.82, 2.24) is 10.2 Å². The number of amides is 2. The lowest BCUT2D eigenvalue weighted by Gasteiger charge is -2.47. The van der Waals surface area contributed by atoms with Crippen LogP contribution >= 0.6 is 12.6 Å². The summed E-state index contributed by atoms with van der Waals surface area (Å²) in [6.07, 6.45) is -3.16. The van der Waals surface area contributed by atoms with E-state index in [-0.39, 0.29) is 16.5 Å². The van der Waals surface area contributed by atoms with Crippen molar-refractivity contribution < 1.29 is 28.3 Å². The number of nitrogens with one attached hydrogen (secondary N) is 1. The van der Waals surface area contributed by atoms with Crippen molar-refractivity contribution in [3.8, 4) is 0 Å². The predicted octanol–water partition coefficient (Wildman–Crippen LogP) is 0.459. The number of carboxylic acids is 1. The van der Waals surface area contributed by atoms with E-state index in [1.165, 1.54) is 6.92 Å². The van der Waals surface area contributed by atoms with Gasteiger partial charge in [0.1, 0.15) is 5.70 Å².